The molecule has 0 unspecified atom stereocenters. The van der Waals surface area contributed by atoms with Crippen molar-refractivity contribution in [2.45, 2.75) is 13.5 Å². The van der Waals surface area contributed by atoms with Crippen LogP contribution in [0.25, 0.3) is 0 Å². The van der Waals surface area contributed by atoms with Crippen LogP contribution in [0, 0.1) is 0 Å². The topological polar surface area (TPSA) is 65.7 Å². The van der Waals surface area contributed by atoms with Gasteiger partial charge < -0.3 is 13.9 Å². The van der Waals surface area contributed by atoms with Crippen LogP contribution < -0.4 is 4.74 Å². The number of hydrogen-bond donors (Lipinski definition) is 0. The first-order chi connectivity index (χ1) is 9.61. The van der Waals surface area contributed by atoms with E-state index in [1.165, 1.54) is 20.3 Å². The molecule has 1 aromatic carbocycles. The molecular formula is C15H14O5. The normalized spacial score (nSPS) is 10.1. The van der Waals surface area contributed by atoms with E-state index >= 15 is 0 Å². The number of hydrogen-bond acceptors (Lipinski definition) is 5. The van der Waals surface area contributed by atoms with Crippen molar-refractivity contribution < 1.29 is 23.5 Å². The standard InChI is InChI=1S/C15H14O5/c1-10(16)11-3-5-13(6-4-11)20-9-12-7-8-19-14(12)15(17)18-2/h3-8H,9H2,1-2H3. The van der Waals surface area contributed by atoms with Crippen molar-refractivity contribution in [3.8, 4) is 5.75 Å². The third kappa shape index (κ3) is 3.06. The fourth-order valence-corrected chi connectivity index (χ4v) is 1.67. The van der Waals surface area contributed by atoms with Crippen molar-refractivity contribution in [3.05, 3.63) is 53.5 Å². The van der Waals surface area contributed by atoms with Crippen LogP contribution in [0.15, 0.2) is 41.0 Å². The van der Waals surface area contributed by atoms with Gasteiger partial charge in [-0.25, -0.2) is 4.79 Å². The Morgan fingerprint density at radius 1 is 1.15 bits per heavy atom. The molecule has 5 nitrogen and oxygen atoms in total. The molecule has 5 heteroatoms. The van der Waals surface area contributed by atoms with Crippen LogP contribution in [0.4, 0.5) is 0 Å². The summed E-state index contributed by atoms with van der Waals surface area (Å²) in [6.07, 6.45) is 1.41. The zero-order chi connectivity index (χ0) is 14.5. The van der Waals surface area contributed by atoms with Gasteiger partial charge in [-0.05, 0) is 37.3 Å². The Morgan fingerprint density at radius 3 is 2.45 bits per heavy atom. The molecule has 0 spiro atoms. The molecule has 20 heavy (non-hydrogen) atoms. The second-order valence-corrected chi connectivity index (χ2v) is 4.14. The number of ether oxygens (including phenoxy) is 2. The SMILES string of the molecule is COC(=O)c1occc1COc1ccc(C(C)=O)cc1. The summed E-state index contributed by atoms with van der Waals surface area (Å²) in [5.74, 6) is 0.194. The minimum Gasteiger partial charge on any atom is -0.489 e. The number of ketones is 1. The Bertz CT molecular complexity index is 609. The number of Topliss-reactive ketones (excluding diaryl/α,β-unsaturated/α-hetero) is 1. The molecular weight excluding hydrogens is 260 g/mol. The van der Waals surface area contributed by atoms with E-state index in [-0.39, 0.29) is 18.2 Å². The second-order valence-electron chi connectivity index (χ2n) is 4.14. The number of carbonyl (C=O) groups excluding carboxylic acids is 2. The summed E-state index contributed by atoms with van der Waals surface area (Å²) in [5, 5.41) is 0. The van der Waals surface area contributed by atoms with Crippen LogP contribution in [0.2, 0.25) is 0 Å². The van der Waals surface area contributed by atoms with Crippen LogP contribution in [0.5, 0.6) is 5.75 Å². The first-order valence-corrected chi connectivity index (χ1v) is 6.00. The van der Waals surface area contributed by atoms with Crippen LogP contribution in [0.3, 0.4) is 0 Å². The van der Waals surface area contributed by atoms with E-state index in [1.54, 1.807) is 30.3 Å². The Morgan fingerprint density at radius 2 is 1.85 bits per heavy atom. The average Bonchev–Trinajstić information content (AvgIpc) is 2.93. The molecule has 2 aromatic rings. The Kier molecular flexibility index (Phi) is 4.20. The average molecular weight is 274 g/mol. The van der Waals surface area contributed by atoms with Gasteiger partial charge in [0.15, 0.2) is 5.78 Å². The summed E-state index contributed by atoms with van der Waals surface area (Å²) in [6, 6.07) is 8.43. The monoisotopic (exact) mass is 274 g/mol. The number of esters is 1. The molecule has 0 aliphatic heterocycles. The van der Waals surface area contributed by atoms with Crippen molar-refractivity contribution in [2.24, 2.45) is 0 Å². The number of rotatable bonds is 5. The van der Waals surface area contributed by atoms with Crippen molar-refractivity contribution in [1.82, 2.24) is 0 Å². The van der Waals surface area contributed by atoms with Crippen molar-refractivity contribution >= 4 is 11.8 Å². The summed E-state index contributed by atoms with van der Waals surface area (Å²) in [7, 11) is 1.29. The van der Waals surface area contributed by atoms with E-state index in [0.29, 0.717) is 16.9 Å². The number of furan rings is 1. The molecule has 0 amide bonds. The fraction of sp³-hybridized carbons (Fsp3) is 0.200. The molecule has 0 fully saturated rings. The van der Waals surface area contributed by atoms with Crippen molar-refractivity contribution in [3.63, 3.8) is 0 Å². The quantitative estimate of drug-likeness (QED) is 0.619. The summed E-state index contributed by atoms with van der Waals surface area (Å²) >= 11 is 0. The van der Waals surface area contributed by atoms with Crippen LogP contribution >= 0.6 is 0 Å². The lowest BCUT2D eigenvalue weighted by Gasteiger charge is -2.06. The van der Waals surface area contributed by atoms with E-state index in [4.69, 9.17) is 9.15 Å². The van der Waals surface area contributed by atoms with Crippen molar-refractivity contribution in [2.75, 3.05) is 7.11 Å². The number of benzene rings is 1. The second kappa shape index (κ2) is 6.06. The summed E-state index contributed by atoms with van der Waals surface area (Å²) in [4.78, 5) is 22.6. The van der Waals surface area contributed by atoms with Gasteiger partial charge in [0.1, 0.15) is 12.4 Å². The zero-order valence-electron chi connectivity index (χ0n) is 11.2. The van der Waals surface area contributed by atoms with Crippen LogP contribution in [0.1, 0.15) is 33.4 Å². The lowest BCUT2D eigenvalue weighted by Crippen LogP contribution is -2.05. The smallest absolute Gasteiger partial charge is 0.374 e. The Balaban J connectivity index is 2.04. The molecule has 1 heterocycles. The van der Waals surface area contributed by atoms with Crippen molar-refractivity contribution in [1.29, 1.82) is 0 Å². The van der Waals surface area contributed by atoms with E-state index < -0.39 is 5.97 Å². The molecule has 104 valence electrons. The lowest BCUT2D eigenvalue weighted by atomic mass is 10.1. The first kappa shape index (κ1) is 13.9. The molecule has 0 N–H and O–H groups in total. The molecule has 0 bridgehead atoms. The molecule has 0 atom stereocenters. The highest BCUT2D eigenvalue weighted by Gasteiger charge is 2.16. The molecule has 1 aromatic heterocycles. The van der Waals surface area contributed by atoms with Gasteiger partial charge in [0.25, 0.3) is 0 Å². The van der Waals surface area contributed by atoms with Gasteiger partial charge >= 0.3 is 5.97 Å². The van der Waals surface area contributed by atoms with Gasteiger partial charge in [-0.2, -0.15) is 0 Å². The van der Waals surface area contributed by atoms with E-state index in [2.05, 4.69) is 4.74 Å². The van der Waals surface area contributed by atoms with E-state index in [0.717, 1.165) is 0 Å². The number of methoxy groups -OCH3 is 1. The van der Waals surface area contributed by atoms with E-state index in [9.17, 15) is 9.59 Å². The number of carbonyl (C=O) groups is 2. The van der Waals surface area contributed by atoms with Gasteiger partial charge in [-0.3, -0.25) is 4.79 Å². The summed E-state index contributed by atoms with van der Waals surface area (Å²) in [5.41, 5.74) is 1.23. The third-order valence-corrected chi connectivity index (χ3v) is 2.77. The molecule has 0 saturated carbocycles. The highest BCUT2D eigenvalue weighted by atomic mass is 16.5. The van der Waals surface area contributed by atoms with Crippen LogP contribution in [-0.2, 0) is 11.3 Å². The third-order valence-electron chi connectivity index (χ3n) is 2.77. The maximum Gasteiger partial charge on any atom is 0.374 e. The molecule has 2 rings (SSSR count). The van der Waals surface area contributed by atoms with Gasteiger partial charge in [0.05, 0.1) is 13.4 Å². The summed E-state index contributed by atoms with van der Waals surface area (Å²) < 4.78 is 15.2. The van der Waals surface area contributed by atoms with Gasteiger partial charge in [0, 0.05) is 11.1 Å². The van der Waals surface area contributed by atoms with Gasteiger partial charge in [-0.1, -0.05) is 0 Å². The Labute approximate surface area is 116 Å². The molecule has 0 saturated heterocycles. The molecule has 0 aliphatic rings. The lowest BCUT2D eigenvalue weighted by molar-refractivity contribution is 0.0561. The van der Waals surface area contributed by atoms with Crippen LogP contribution in [-0.4, -0.2) is 18.9 Å². The highest BCUT2D eigenvalue weighted by molar-refractivity contribution is 5.94. The molecule has 0 aliphatic carbocycles. The fourth-order valence-electron chi connectivity index (χ4n) is 1.67. The van der Waals surface area contributed by atoms with Gasteiger partial charge in [0.2, 0.25) is 5.76 Å². The zero-order valence-corrected chi connectivity index (χ0v) is 11.2. The maximum atomic E-state index is 11.4. The first-order valence-electron chi connectivity index (χ1n) is 6.00. The minimum atomic E-state index is -0.541. The largest absolute Gasteiger partial charge is 0.489 e. The predicted octanol–water partition coefficient (Wildman–Crippen LogP) is 2.85. The summed E-state index contributed by atoms with van der Waals surface area (Å²) in [6.45, 7) is 1.68. The minimum absolute atomic E-state index is 0.000591. The predicted molar refractivity (Wildman–Crippen MR) is 70.8 cm³/mol. The molecule has 0 radical (unpaired) electrons. The van der Waals surface area contributed by atoms with Gasteiger partial charge in [-0.15, -0.1) is 0 Å². The van der Waals surface area contributed by atoms with E-state index in [1.807, 2.05) is 0 Å². The Hall–Kier alpha value is -2.56. The maximum absolute atomic E-state index is 11.4. The highest BCUT2D eigenvalue weighted by Crippen LogP contribution is 2.17.